The van der Waals surface area contributed by atoms with Gasteiger partial charge in [-0.15, -0.1) is 0 Å². The van der Waals surface area contributed by atoms with Crippen molar-refractivity contribution < 1.29 is 0 Å². The first kappa shape index (κ1) is 13.9. The Morgan fingerprint density at radius 3 is 2.35 bits per heavy atom. The fourth-order valence-corrected chi connectivity index (χ4v) is 2.63. The van der Waals surface area contributed by atoms with E-state index < -0.39 is 0 Å². The minimum absolute atomic E-state index is 0.378. The standard InChI is InChI=1S/C16H13ClN6/c17-16-15-14(18-11-19-16)10-23(21-15)9-13-4-2-12(3-5-13)8-22-7-1-6-20-22/h1-7,10-11H,8-9H2. The van der Waals surface area contributed by atoms with Gasteiger partial charge in [-0.05, 0) is 17.2 Å². The third-order valence-electron chi connectivity index (χ3n) is 3.58. The monoisotopic (exact) mass is 324 g/mol. The van der Waals surface area contributed by atoms with Gasteiger partial charge in [0.05, 0.1) is 19.3 Å². The molecule has 0 aliphatic heterocycles. The molecule has 4 rings (SSSR count). The van der Waals surface area contributed by atoms with Crippen LogP contribution >= 0.6 is 11.6 Å². The number of rotatable bonds is 4. The molecule has 3 heterocycles. The number of nitrogens with zero attached hydrogens (tertiary/aromatic N) is 6. The van der Waals surface area contributed by atoms with Crippen molar-refractivity contribution in [1.82, 2.24) is 29.5 Å². The van der Waals surface area contributed by atoms with Gasteiger partial charge in [-0.25, -0.2) is 9.97 Å². The lowest BCUT2D eigenvalue weighted by molar-refractivity contribution is 0.682. The van der Waals surface area contributed by atoms with Crippen molar-refractivity contribution in [3.05, 3.63) is 71.5 Å². The molecule has 4 aromatic rings. The first-order valence-corrected chi connectivity index (χ1v) is 7.55. The van der Waals surface area contributed by atoms with Crippen molar-refractivity contribution in [1.29, 1.82) is 0 Å². The summed E-state index contributed by atoms with van der Waals surface area (Å²) in [6, 6.07) is 10.3. The summed E-state index contributed by atoms with van der Waals surface area (Å²) < 4.78 is 3.73. The molecule has 0 spiro atoms. The van der Waals surface area contributed by atoms with Crippen LogP contribution in [0.1, 0.15) is 11.1 Å². The van der Waals surface area contributed by atoms with Gasteiger partial charge in [0.25, 0.3) is 0 Å². The molecule has 0 aliphatic rings. The van der Waals surface area contributed by atoms with Crippen LogP contribution in [-0.4, -0.2) is 29.5 Å². The molecular formula is C16H13ClN6. The van der Waals surface area contributed by atoms with E-state index in [-0.39, 0.29) is 0 Å². The number of hydrogen-bond donors (Lipinski definition) is 0. The molecule has 0 bridgehead atoms. The van der Waals surface area contributed by atoms with E-state index in [9.17, 15) is 0 Å². The molecule has 0 unspecified atom stereocenters. The summed E-state index contributed by atoms with van der Waals surface area (Å²) >= 11 is 6.03. The summed E-state index contributed by atoms with van der Waals surface area (Å²) in [6.45, 7) is 1.43. The van der Waals surface area contributed by atoms with Crippen molar-refractivity contribution in [2.45, 2.75) is 13.1 Å². The summed E-state index contributed by atoms with van der Waals surface area (Å²) in [5.74, 6) is 0. The van der Waals surface area contributed by atoms with Crippen molar-refractivity contribution in [2.24, 2.45) is 0 Å². The van der Waals surface area contributed by atoms with Crippen molar-refractivity contribution in [3.8, 4) is 0 Å². The number of aromatic nitrogens is 6. The normalized spacial score (nSPS) is 11.2. The maximum absolute atomic E-state index is 6.03. The Bertz CT molecular complexity index is 927. The lowest BCUT2D eigenvalue weighted by Crippen LogP contribution is -2.02. The van der Waals surface area contributed by atoms with Crippen LogP contribution in [0.25, 0.3) is 11.0 Å². The molecule has 23 heavy (non-hydrogen) atoms. The molecule has 0 N–H and O–H groups in total. The van der Waals surface area contributed by atoms with Gasteiger partial charge in [-0.2, -0.15) is 10.2 Å². The van der Waals surface area contributed by atoms with Gasteiger partial charge in [0.2, 0.25) is 0 Å². The molecule has 6 nitrogen and oxygen atoms in total. The van der Waals surface area contributed by atoms with Gasteiger partial charge in [0, 0.05) is 12.4 Å². The maximum Gasteiger partial charge on any atom is 0.160 e. The minimum atomic E-state index is 0.378. The van der Waals surface area contributed by atoms with E-state index in [1.54, 1.807) is 6.20 Å². The highest BCUT2D eigenvalue weighted by molar-refractivity contribution is 6.33. The summed E-state index contributed by atoms with van der Waals surface area (Å²) in [7, 11) is 0. The molecule has 0 saturated heterocycles. The van der Waals surface area contributed by atoms with Crippen LogP contribution in [0.3, 0.4) is 0 Å². The molecule has 3 aromatic heterocycles. The molecule has 0 amide bonds. The Kier molecular flexibility index (Phi) is 3.51. The lowest BCUT2D eigenvalue weighted by Gasteiger charge is -2.05. The smallest absolute Gasteiger partial charge is 0.160 e. The van der Waals surface area contributed by atoms with Gasteiger partial charge < -0.3 is 0 Å². The highest BCUT2D eigenvalue weighted by Crippen LogP contribution is 2.17. The summed E-state index contributed by atoms with van der Waals surface area (Å²) in [6.07, 6.45) is 7.06. The summed E-state index contributed by atoms with van der Waals surface area (Å²) in [5, 5.41) is 9.03. The Morgan fingerprint density at radius 1 is 0.957 bits per heavy atom. The topological polar surface area (TPSA) is 61.4 Å². The van der Waals surface area contributed by atoms with Crippen LogP contribution in [0.4, 0.5) is 0 Å². The van der Waals surface area contributed by atoms with Gasteiger partial charge in [0.1, 0.15) is 17.4 Å². The van der Waals surface area contributed by atoms with Crippen LogP contribution in [-0.2, 0) is 13.1 Å². The highest BCUT2D eigenvalue weighted by atomic mass is 35.5. The predicted molar refractivity (Wildman–Crippen MR) is 87.2 cm³/mol. The van der Waals surface area contributed by atoms with Gasteiger partial charge >= 0.3 is 0 Å². The molecule has 0 fully saturated rings. The first-order chi connectivity index (χ1) is 11.3. The van der Waals surface area contributed by atoms with Crippen LogP contribution in [0.2, 0.25) is 5.15 Å². The molecule has 7 heteroatoms. The quantitative estimate of drug-likeness (QED) is 0.542. The average molecular weight is 325 g/mol. The first-order valence-electron chi connectivity index (χ1n) is 7.17. The van der Waals surface area contributed by atoms with Crippen LogP contribution in [0.15, 0.2) is 55.2 Å². The predicted octanol–water partition coefficient (Wildman–Crippen LogP) is 2.77. The van der Waals surface area contributed by atoms with E-state index in [0.717, 1.165) is 17.6 Å². The third kappa shape index (κ3) is 2.93. The molecule has 114 valence electrons. The number of fused-ring (bicyclic) bond motifs is 1. The lowest BCUT2D eigenvalue weighted by atomic mass is 10.1. The van der Waals surface area contributed by atoms with Gasteiger partial charge in [0.15, 0.2) is 5.15 Å². The fourth-order valence-electron chi connectivity index (χ4n) is 2.45. The van der Waals surface area contributed by atoms with E-state index in [1.807, 2.05) is 27.8 Å². The van der Waals surface area contributed by atoms with E-state index in [4.69, 9.17) is 11.6 Å². The second-order valence-electron chi connectivity index (χ2n) is 5.25. The van der Waals surface area contributed by atoms with Crippen molar-refractivity contribution in [2.75, 3.05) is 0 Å². The Hall–Kier alpha value is -2.73. The highest BCUT2D eigenvalue weighted by Gasteiger charge is 2.07. The third-order valence-corrected chi connectivity index (χ3v) is 3.85. The second kappa shape index (κ2) is 5.81. The zero-order chi connectivity index (χ0) is 15.6. The Balaban J connectivity index is 1.52. The van der Waals surface area contributed by atoms with Crippen LogP contribution in [0.5, 0.6) is 0 Å². The maximum atomic E-state index is 6.03. The molecule has 0 atom stereocenters. The van der Waals surface area contributed by atoms with Gasteiger partial charge in [-0.3, -0.25) is 9.36 Å². The van der Waals surface area contributed by atoms with Crippen LogP contribution < -0.4 is 0 Å². The summed E-state index contributed by atoms with van der Waals surface area (Å²) in [4.78, 5) is 8.12. The van der Waals surface area contributed by atoms with Crippen molar-refractivity contribution >= 4 is 22.6 Å². The molecule has 0 saturated carbocycles. The van der Waals surface area contributed by atoms with E-state index >= 15 is 0 Å². The molecular weight excluding hydrogens is 312 g/mol. The fraction of sp³-hybridized carbons (Fsp3) is 0.125. The van der Waals surface area contributed by atoms with Crippen molar-refractivity contribution in [3.63, 3.8) is 0 Å². The molecule has 0 radical (unpaired) electrons. The molecule has 1 aromatic carbocycles. The zero-order valence-electron chi connectivity index (χ0n) is 12.2. The molecule has 0 aliphatic carbocycles. The number of hydrogen-bond acceptors (Lipinski definition) is 4. The van der Waals surface area contributed by atoms with E-state index in [2.05, 4.69) is 44.4 Å². The van der Waals surface area contributed by atoms with Gasteiger partial charge in [-0.1, -0.05) is 35.9 Å². The SMILES string of the molecule is Clc1ncnc2cn(Cc3ccc(Cn4cccn4)cc3)nc12. The van der Waals surface area contributed by atoms with E-state index in [0.29, 0.717) is 17.2 Å². The number of benzene rings is 1. The van der Waals surface area contributed by atoms with E-state index in [1.165, 1.54) is 11.9 Å². The second-order valence-corrected chi connectivity index (χ2v) is 5.60. The average Bonchev–Trinajstić information content (AvgIpc) is 3.19. The largest absolute Gasteiger partial charge is 0.268 e. The minimum Gasteiger partial charge on any atom is -0.268 e. The Morgan fingerprint density at radius 2 is 1.70 bits per heavy atom. The zero-order valence-corrected chi connectivity index (χ0v) is 12.9. The Labute approximate surface area is 137 Å². The number of halogens is 1. The summed E-state index contributed by atoms with van der Waals surface area (Å²) in [5.41, 5.74) is 3.74. The van der Waals surface area contributed by atoms with Crippen LogP contribution in [0, 0.1) is 0 Å².